The molecule has 0 saturated heterocycles. The van der Waals surface area contributed by atoms with Crippen LogP contribution < -0.4 is 4.74 Å². The van der Waals surface area contributed by atoms with Crippen LogP contribution in [0.25, 0.3) is 0 Å². The number of methoxy groups -OCH3 is 1. The summed E-state index contributed by atoms with van der Waals surface area (Å²) in [5.74, 6) is 6.00. The summed E-state index contributed by atoms with van der Waals surface area (Å²) in [4.78, 5) is 21.3. The van der Waals surface area contributed by atoms with Crippen LogP contribution in [0, 0.1) is 17.8 Å². The van der Waals surface area contributed by atoms with E-state index in [4.69, 9.17) is 9.47 Å². The van der Waals surface area contributed by atoms with E-state index >= 15 is 0 Å². The lowest BCUT2D eigenvalue weighted by Gasteiger charge is -2.37. The molecule has 0 fully saturated rings. The van der Waals surface area contributed by atoms with Gasteiger partial charge in [-0.1, -0.05) is 18.8 Å². The van der Waals surface area contributed by atoms with E-state index in [0.717, 1.165) is 0 Å². The summed E-state index contributed by atoms with van der Waals surface area (Å²) in [5.41, 5.74) is 0.993. The van der Waals surface area contributed by atoms with Gasteiger partial charge in [-0.3, -0.25) is 4.79 Å². The van der Waals surface area contributed by atoms with Gasteiger partial charge in [0.25, 0.3) is 5.91 Å². The fourth-order valence-corrected chi connectivity index (χ4v) is 2.96. The predicted molar refractivity (Wildman–Crippen MR) is 103 cm³/mol. The number of pyridine rings is 1. The topological polar surface area (TPSA) is 75.1 Å². The van der Waals surface area contributed by atoms with Gasteiger partial charge in [-0.25, -0.2) is 4.98 Å². The molecular formula is C20H29N3O4. The summed E-state index contributed by atoms with van der Waals surface area (Å²) in [6, 6.07) is 1.40. The Bertz CT molecular complexity index is 711. The van der Waals surface area contributed by atoms with Crippen LogP contribution in [0.2, 0.25) is 0 Å². The van der Waals surface area contributed by atoms with Crippen molar-refractivity contribution in [1.29, 1.82) is 0 Å². The number of fused-ring (bicyclic) bond motifs is 1. The van der Waals surface area contributed by atoms with Crippen molar-refractivity contribution < 1.29 is 19.4 Å². The van der Waals surface area contributed by atoms with E-state index in [0.29, 0.717) is 36.7 Å². The maximum absolute atomic E-state index is 13.2. The van der Waals surface area contributed by atoms with Crippen LogP contribution in [0.4, 0.5) is 0 Å². The minimum Gasteiger partial charge on any atom is -0.472 e. The molecule has 1 aromatic heterocycles. The third-order valence-corrected chi connectivity index (χ3v) is 4.52. The number of carbonyl (C=O) groups is 1. The first-order chi connectivity index (χ1) is 12.9. The maximum atomic E-state index is 13.2. The van der Waals surface area contributed by atoms with E-state index in [1.165, 1.54) is 0 Å². The molecule has 0 unspecified atom stereocenters. The molecule has 1 aliphatic rings. The molecule has 3 atom stereocenters. The summed E-state index contributed by atoms with van der Waals surface area (Å²) in [6.07, 6.45) is 1.48. The third kappa shape index (κ3) is 5.42. The lowest BCUT2D eigenvalue weighted by Crippen LogP contribution is -2.49. The minimum absolute atomic E-state index is 0.0847. The van der Waals surface area contributed by atoms with Crippen LogP contribution in [0.3, 0.4) is 0 Å². The number of aromatic nitrogens is 1. The van der Waals surface area contributed by atoms with Crippen LogP contribution in [-0.4, -0.2) is 85.5 Å². The monoisotopic (exact) mass is 375 g/mol. The SMILES string of the molecule is COCC#Cc1cnc2c(c1)C(=O)N([C@H](C)CO)C[C@H](C)[C@H](CN(C)C)O2. The number of likely N-dealkylation sites (N-methyl/N-ethyl adjacent to an activating group) is 1. The summed E-state index contributed by atoms with van der Waals surface area (Å²) in [5, 5.41) is 9.63. The number of rotatable bonds is 5. The standard InChI is InChI=1S/C20H29N3O4/c1-14-11-23(15(2)13-24)20(25)17-9-16(7-6-8-26-5)10-21-19(17)27-18(14)12-22(3)4/h9-10,14-15,18,24H,8,11-13H2,1-5H3/t14-,15+,18-/m0/s1. The van der Waals surface area contributed by atoms with E-state index in [1.807, 2.05) is 27.9 Å². The molecule has 1 amide bonds. The Morgan fingerprint density at radius 1 is 1.52 bits per heavy atom. The van der Waals surface area contributed by atoms with Gasteiger partial charge in [0.1, 0.15) is 18.3 Å². The second kappa shape index (κ2) is 9.70. The fourth-order valence-electron chi connectivity index (χ4n) is 2.96. The van der Waals surface area contributed by atoms with E-state index in [1.54, 1.807) is 24.3 Å². The zero-order chi connectivity index (χ0) is 20.0. The van der Waals surface area contributed by atoms with Gasteiger partial charge in [0.2, 0.25) is 5.88 Å². The second-order valence-corrected chi connectivity index (χ2v) is 7.20. The number of carbonyl (C=O) groups excluding carboxylic acids is 1. The number of hydrogen-bond acceptors (Lipinski definition) is 6. The van der Waals surface area contributed by atoms with Crippen molar-refractivity contribution in [2.45, 2.75) is 26.0 Å². The number of ether oxygens (including phenoxy) is 2. The summed E-state index contributed by atoms with van der Waals surface area (Å²) in [7, 11) is 5.54. The highest BCUT2D eigenvalue weighted by Gasteiger charge is 2.33. The molecule has 0 aromatic carbocycles. The van der Waals surface area contributed by atoms with Gasteiger partial charge < -0.3 is 24.4 Å². The molecule has 1 N–H and O–H groups in total. The minimum atomic E-state index is -0.297. The lowest BCUT2D eigenvalue weighted by atomic mass is 10.00. The molecule has 2 rings (SSSR count). The Labute approximate surface area is 161 Å². The quantitative estimate of drug-likeness (QED) is 0.770. The number of amides is 1. The van der Waals surface area contributed by atoms with Crippen LogP contribution in [0.1, 0.15) is 29.8 Å². The van der Waals surface area contributed by atoms with Crippen molar-refractivity contribution in [1.82, 2.24) is 14.8 Å². The number of hydrogen-bond donors (Lipinski definition) is 1. The third-order valence-electron chi connectivity index (χ3n) is 4.52. The Morgan fingerprint density at radius 3 is 2.89 bits per heavy atom. The number of nitrogens with zero attached hydrogens (tertiary/aromatic N) is 3. The van der Waals surface area contributed by atoms with E-state index in [9.17, 15) is 9.90 Å². The van der Waals surface area contributed by atoms with E-state index in [-0.39, 0.29) is 30.6 Å². The average molecular weight is 375 g/mol. The van der Waals surface area contributed by atoms with Gasteiger partial charge in [-0.15, -0.1) is 0 Å². The van der Waals surface area contributed by atoms with Gasteiger partial charge >= 0.3 is 0 Å². The number of aliphatic hydroxyl groups is 1. The maximum Gasteiger partial charge on any atom is 0.259 e. The van der Waals surface area contributed by atoms with Crippen LogP contribution >= 0.6 is 0 Å². The first-order valence-corrected chi connectivity index (χ1v) is 9.08. The van der Waals surface area contributed by atoms with Crippen molar-refractivity contribution in [3.8, 4) is 17.7 Å². The van der Waals surface area contributed by atoms with Crippen LogP contribution in [0.15, 0.2) is 12.3 Å². The van der Waals surface area contributed by atoms with Gasteiger partial charge in [0, 0.05) is 37.9 Å². The molecule has 148 valence electrons. The van der Waals surface area contributed by atoms with Gasteiger partial charge in [0.15, 0.2) is 0 Å². The van der Waals surface area contributed by atoms with Crippen molar-refractivity contribution in [2.24, 2.45) is 5.92 Å². The molecule has 7 heteroatoms. The Morgan fingerprint density at radius 2 is 2.26 bits per heavy atom. The summed E-state index contributed by atoms with van der Waals surface area (Å²) < 4.78 is 11.1. The molecule has 0 aliphatic carbocycles. The molecule has 7 nitrogen and oxygen atoms in total. The molecule has 2 heterocycles. The highest BCUT2D eigenvalue weighted by atomic mass is 16.5. The molecule has 0 bridgehead atoms. The lowest BCUT2D eigenvalue weighted by molar-refractivity contribution is 0.0348. The van der Waals surface area contributed by atoms with Crippen LogP contribution in [-0.2, 0) is 4.74 Å². The zero-order valence-corrected chi connectivity index (χ0v) is 16.7. The molecule has 0 radical (unpaired) electrons. The van der Waals surface area contributed by atoms with Crippen molar-refractivity contribution in [3.05, 3.63) is 23.4 Å². The molecule has 0 saturated carbocycles. The highest BCUT2D eigenvalue weighted by Crippen LogP contribution is 2.27. The molecule has 1 aliphatic heterocycles. The Hall–Kier alpha value is -2.14. The summed E-state index contributed by atoms with van der Waals surface area (Å²) in [6.45, 7) is 5.29. The Kier molecular flexibility index (Phi) is 7.60. The largest absolute Gasteiger partial charge is 0.472 e. The van der Waals surface area contributed by atoms with Gasteiger partial charge in [-0.2, -0.15) is 0 Å². The van der Waals surface area contributed by atoms with Crippen molar-refractivity contribution >= 4 is 5.91 Å². The summed E-state index contributed by atoms with van der Waals surface area (Å²) >= 11 is 0. The molecule has 1 aromatic rings. The van der Waals surface area contributed by atoms with Gasteiger partial charge in [0.05, 0.1) is 12.6 Å². The average Bonchev–Trinajstić information content (AvgIpc) is 2.64. The van der Waals surface area contributed by atoms with E-state index < -0.39 is 0 Å². The zero-order valence-electron chi connectivity index (χ0n) is 16.7. The second-order valence-electron chi connectivity index (χ2n) is 7.20. The predicted octanol–water partition coefficient (Wildman–Crippen LogP) is 0.861. The van der Waals surface area contributed by atoms with Crippen molar-refractivity contribution in [2.75, 3.05) is 47.5 Å². The molecular weight excluding hydrogens is 346 g/mol. The fraction of sp³-hybridized carbons (Fsp3) is 0.600. The Balaban J connectivity index is 2.46. The van der Waals surface area contributed by atoms with Crippen molar-refractivity contribution in [3.63, 3.8) is 0 Å². The van der Waals surface area contributed by atoms with Crippen LogP contribution in [0.5, 0.6) is 5.88 Å². The number of aliphatic hydroxyl groups excluding tert-OH is 1. The first-order valence-electron chi connectivity index (χ1n) is 9.08. The molecule has 27 heavy (non-hydrogen) atoms. The molecule has 0 spiro atoms. The highest BCUT2D eigenvalue weighted by molar-refractivity contribution is 5.97. The van der Waals surface area contributed by atoms with E-state index in [2.05, 4.69) is 21.7 Å². The first kappa shape index (κ1) is 21.2. The van der Waals surface area contributed by atoms with Gasteiger partial charge in [-0.05, 0) is 27.1 Å². The smallest absolute Gasteiger partial charge is 0.259 e. The normalized spacial score (nSPS) is 20.9.